The van der Waals surface area contributed by atoms with Crippen molar-refractivity contribution in [2.75, 3.05) is 11.9 Å². The third-order valence-corrected chi connectivity index (χ3v) is 3.29. The van der Waals surface area contributed by atoms with Gasteiger partial charge in [-0.1, -0.05) is 18.2 Å². The number of carbonyl (C=O) groups excluding carboxylic acids is 1. The van der Waals surface area contributed by atoms with Crippen LogP contribution in [0.3, 0.4) is 0 Å². The molecule has 0 spiro atoms. The number of amides is 1. The quantitative estimate of drug-likeness (QED) is 0.781. The molecule has 0 heterocycles. The number of hydrogen-bond acceptors (Lipinski definition) is 3. The molecular weight excluding hydrogens is 321 g/mol. The zero-order valence-corrected chi connectivity index (χ0v) is 12.9. The topological polar surface area (TPSA) is 61.4 Å². The Hall–Kier alpha value is -2.54. The van der Waals surface area contributed by atoms with Crippen LogP contribution in [0.4, 0.5) is 24.5 Å². The Morgan fingerprint density at radius 2 is 1.88 bits per heavy atom. The molecule has 7 heteroatoms. The summed E-state index contributed by atoms with van der Waals surface area (Å²) in [5.74, 6) is -0.424. The van der Waals surface area contributed by atoms with Crippen molar-refractivity contribution >= 4 is 17.3 Å². The lowest BCUT2D eigenvalue weighted by Gasteiger charge is -2.15. The molecule has 128 valence electrons. The Bertz CT molecular complexity index is 717. The number of nitrogens with one attached hydrogen (secondary N) is 2. The second kappa shape index (κ2) is 7.35. The van der Waals surface area contributed by atoms with E-state index in [-0.39, 0.29) is 17.9 Å². The first-order chi connectivity index (χ1) is 11.3. The summed E-state index contributed by atoms with van der Waals surface area (Å²) in [7, 11) is 0. The molecule has 0 aliphatic carbocycles. The fourth-order valence-electron chi connectivity index (χ4n) is 2.07. The van der Waals surface area contributed by atoms with Gasteiger partial charge in [0.25, 0.3) is 5.91 Å². The van der Waals surface area contributed by atoms with E-state index in [4.69, 9.17) is 5.11 Å². The van der Waals surface area contributed by atoms with Crippen molar-refractivity contribution < 1.29 is 23.1 Å². The standard InChI is InChI=1S/C17H17F3N2O2/c1-11(10-23)21-16(24)14-7-2-3-8-15(14)22-13-6-4-5-12(9-13)17(18,19)20/h2-9,11,22-23H,10H2,1H3,(H,21,24). The highest BCUT2D eigenvalue weighted by Gasteiger charge is 2.30. The molecule has 2 aromatic rings. The summed E-state index contributed by atoms with van der Waals surface area (Å²) in [4.78, 5) is 12.2. The van der Waals surface area contributed by atoms with Gasteiger partial charge in [-0.05, 0) is 37.3 Å². The van der Waals surface area contributed by atoms with E-state index in [1.165, 1.54) is 12.1 Å². The van der Waals surface area contributed by atoms with Gasteiger partial charge in [0.05, 0.1) is 23.4 Å². The first-order valence-electron chi connectivity index (χ1n) is 7.26. The molecule has 2 rings (SSSR count). The summed E-state index contributed by atoms with van der Waals surface area (Å²) in [6.45, 7) is 1.43. The van der Waals surface area contributed by atoms with Crippen molar-refractivity contribution in [3.63, 3.8) is 0 Å². The van der Waals surface area contributed by atoms with Gasteiger partial charge >= 0.3 is 6.18 Å². The Labute approximate surface area is 137 Å². The van der Waals surface area contributed by atoms with Gasteiger partial charge in [0.15, 0.2) is 0 Å². The molecule has 0 aliphatic rings. The third-order valence-electron chi connectivity index (χ3n) is 3.29. The number of benzene rings is 2. The minimum atomic E-state index is -4.44. The van der Waals surface area contributed by atoms with E-state index in [9.17, 15) is 18.0 Å². The number of rotatable bonds is 5. The number of aliphatic hydroxyl groups excluding tert-OH is 1. The number of para-hydroxylation sites is 1. The summed E-state index contributed by atoms with van der Waals surface area (Å²) in [6.07, 6.45) is -4.44. The molecule has 1 atom stereocenters. The van der Waals surface area contributed by atoms with Gasteiger partial charge in [0, 0.05) is 11.7 Å². The lowest BCUT2D eigenvalue weighted by Crippen LogP contribution is -2.35. The van der Waals surface area contributed by atoms with E-state index in [0.29, 0.717) is 5.69 Å². The minimum Gasteiger partial charge on any atom is -0.394 e. The van der Waals surface area contributed by atoms with E-state index in [1.807, 2.05) is 0 Å². The lowest BCUT2D eigenvalue weighted by atomic mass is 10.1. The van der Waals surface area contributed by atoms with Crippen LogP contribution < -0.4 is 10.6 Å². The van der Waals surface area contributed by atoms with Crippen LogP contribution in [-0.2, 0) is 6.18 Å². The molecule has 0 aliphatic heterocycles. The maximum atomic E-state index is 12.8. The Balaban J connectivity index is 2.26. The van der Waals surface area contributed by atoms with Gasteiger partial charge in [0.1, 0.15) is 0 Å². The molecule has 4 nitrogen and oxygen atoms in total. The normalized spacial score (nSPS) is 12.5. The number of alkyl halides is 3. The number of anilines is 2. The molecule has 0 saturated carbocycles. The van der Waals surface area contributed by atoms with Crippen LogP contribution in [0.2, 0.25) is 0 Å². The molecule has 24 heavy (non-hydrogen) atoms. The zero-order chi connectivity index (χ0) is 17.7. The van der Waals surface area contributed by atoms with Crippen LogP contribution >= 0.6 is 0 Å². The van der Waals surface area contributed by atoms with Crippen LogP contribution in [0.25, 0.3) is 0 Å². The third kappa shape index (κ3) is 4.48. The Morgan fingerprint density at radius 3 is 2.54 bits per heavy atom. The number of aliphatic hydroxyl groups is 1. The summed E-state index contributed by atoms with van der Waals surface area (Å²) < 4.78 is 38.3. The molecule has 0 saturated heterocycles. The van der Waals surface area contributed by atoms with E-state index in [2.05, 4.69) is 10.6 Å². The lowest BCUT2D eigenvalue weighted by molar-refractivity contribution is -0.137. The SMILES string of the molecule is CC(CO)NC(=O)c1ccccc1Nc1cccc(C(F)(F)F)c1. The predicted octanol–water partition coefficient (Wildman–Crippen LogP) is 3.56. The summed E-state index contributed by atoms with van der Waals surface area (Å²) in [6, 6.07) is 10.8. The second-order valence-corrected chi connectivity index (χ2v) is 5.31. The predicted molar refractivity (Wildman–Crippen MR) is 85.2 cm³/mol. The van der Waals surface area contributed by atoms with Crippen molar-refractivity contribution in [1.29, 1.82) is 0 Å². The van der Waals surface area contributed by atoms with Crippen LogP contribution in [0.5, 0.6) is 0 Å². The van der Waals surface area contributed by atoms with E-state index < -0.39 is 23.7 Å². The summed E-state index contributed by atoms with van der Waals surface area (Å²) >= 11 is 0. The van der Waals surface area contributed by atoms with Crippen LogP contribution in [-0.4, -0.2) is 23.7 Å². The maximum Gasteiger partial charge on any atom is 0.416 e. The van der Waals surface area contributed by atoms with Gasteiger partial charge in [0.2, 0.25) is 0 Å². The highest BCUT2D eigenvalue weighted by atomic mass is 19.4. The number of carbonyl (C=O) groups is 1. The van der Waals surface area contributed by atoms with Crippen LogP contribution in [0.15, 0.2) is 48.5 Å². The van der Waals surface area contributed by atoms with Crippen molar-refractivity contribution in [2.24, 2.45) is 0 Å². The first-order valence-corrected chi connectivity index (χ1v) is 7.26. The molecule has 0 aromatic heterocycles. The van der Waals surface area contributed by atoms with Gasteiger partial charge in [-0.15, -0.1) is 0 Å². The van der Waals surface area contributed by atoms with Gasteiger partial charge in [-0.3, -0.25) is 4.79 Å². The smallest absolute Gasteiger partial charge is 0.394 e. The maximum absolute atomic E-state index is 12.8. The van der Waals surface area contributed by atoms with E-state index in [1.54, 1.807) is 31.2 Å². The Kier molecular flexibility index (Phi) is 5.46. The number of hydrogen-bond donors (Lipinski definition) is 3. The van der Waals surface area contributed by atoms with E-state index in [0.717, 1.165) is 12.1 Å². The molecule has 3 N–H and O–H groups in total. The molecule has 1 unspecified atom stereocenters. The summed E-state index contributed by atoms with van der Waals surface area (Å²) in [5.41, 5.74) is 0.0956. The van der Waals surface area contributed by atoms with Crippen molar-refractivity contribution in [3.8, 4) is 0 Å². The average Bonchev–Trinajstić information content (AvgIpc) is 2.54. The number of halogens is 3. The van der Waals surface area contributed by atoms with Crippen LogP contribution in [0.1, 0.15) is 22.8 Å². The van der Waals surface area contributed by atoms with Crippen molar-refractivity contribution in [3.05, 3.63) is 59.7 Å². The highest BCUT2D eigenvalue weighted by molar-refractivity contribution is 6.00. The zero-order valence-electron chi connectivity index (χ0n) is 12.9. The minimum absolute atomic E-state index is 0.213. The fourth-order valence-corrected chi connectivity index (χ4v) is 2.07. The first kappa shape index (κ1) is 17.8. The van der Waals surface area contributed by atoms with Crippen LogP contribution in [0, 0.1) is 0 Å². The van der Waals surface area contributed by atoms with E-state index >= 15 is 0 Å². The molecule has 0 fully saturated rings. The molecule has 0 radical (unpaired) electrons. The monoisotopic (exact) mass is 338 g/mol. The average molecular weight is 338 g/mol. The van der Waals surface area contributed by atoms with Crippen molar-refractivity contribution in [1.82, 2.24) is 5.32 Å². The van der Waals surface area contributed by atoms with Gasteiger partial charge in [-0.25, -0.2) is 0 Å². The summed E-state index contributed by atoms with van der Waals surface area (Å²) in [5, 5.41) is 14.4. The second-order valence-electron chi connectivity index (χ2n) is 5.31. The fraction of sp³-hybridized carbons (Fsp3) is 0.235. The van der Waals surface area contributed by atoms with Crippen molar-refractivity contribution in [2.45, 2.75) is 19.1 Å². The molecular formula is C17H17F3N2O2. The largest absolute Gasteiger partial charge is 0.416 e. The Morgan fingerprint density at radius 1 is 1.17 bits per heavy atom. The molecule has 0 bridgehead atoms. The highest BCUT2D eigenvalue weighted by Crippen LogP contribution is 2.31. The van der Waals surface area contributed by atoms with Gasteiger partial charge in [-0.2, -0.15) is 13.2 Å². The molecule has 2 aromatic carbocycles. The van der Waals surface area contributed by atoms with Gasteiger partial charge < -0.3 is 15.7 Å². The molecule has 1 amide bonds.